The first-order valence-electron chi connectivity index (χ1n) is 6.97. The van der Waals surface area contributed by atoms with E-state index in [0.717, 1.165) is 12.0 Å². The summed E-state index contributed by atoms with van der Waals surface area (Å²) < 4.78 is 10.1. The van der Waals surface area contributed by atoms with Crippen LogP contribution in [0.1, 0.15) is 18.9 Å². The average Bonchev–Trinajstić information content (AvgIpc) is 2.52. The number of nitrogens with one attached hydrogen (secondary N) is 1. The minimum Gasteiger partial charge on any atom is -0.465 e. The maximum absolute atomic E-state index is 11.6. The summed E-state index contributed by atoms with van der Waals surface area (Å²) in [5, 5.41) is 2.74. The normalized spacial score (nSPS) is 11.7. The third kappa shape index (κ3) is 6.87. The van der Waals surface area contributed by atoms with E-state index in [1.54, 1.807) is 0 Å². The fourth-order valence-electron chi connectivity index (χ4n) is 1.56. The van der Waals surface area contributed by atoms with Gasteiger partial charge in [-0.15, -0.1) is 0 Å². The molecule has 0 saturated carbocycles. The molecule has 0 heterocycles. The molecule has 0 radical (unpaired) electrons. The molecule has 1 atom stereocenters. The molecule has 0 saturated heterocycles. The summed E-state index contributed by atoms with van der Waals surface area (Å²) in [7, 11) is 0. The van der Waals surface area contributed by atoms with Gasteiger partial charge in [0.25, 0.3) is 0 Å². The maximum atomic E-state index is 11.6. The van der Waals surface area contributed by atoms with E-state index in [9.17, 15) is 9.59 Å². The second-order valence-electron chi connectivity index (χ2n) is 4.48. The number of nitrogens with two attached hydrogens (primary N) is 1. The fraction of sp³-hybridized carbons (Fsp3) is 0.467. The van der Waals surface area contributed by atoms with Crippen LogP contribution in [0.3, 0.4) is 0 Å². The standard InChI is InChI=1S/C15H22N2O4/c1-2-8-20-15(19)13(9-16)17-10-14(18)21-11-12-6-4-3-5-7-12/h3-7,13,17H,2,8-11,16H2,1H3/t13-/m1/s1. The molecule has 0 fully saturated rings. The molecule has 1 aromatic carbocycles. The molecule has 116 valence electrons. The van der Waals surface area contributed by atoms with Gasteiger partial charge in [-0.1, -0.05) is 37.3 Å². The summed E-state index contributed by atoms with van der Waals surface area (Å²) in [6, 6.07) is 8.67. The third-order valence-corrected chi connectivity index (χ3v) is 2.70. The Morgan fingerprint density at radius 1 is 1.24 bits per heavy atom. The van der Waals surface area contributed by atoms with Gasteiger partial charge in [0.1, 0.15) is 12.6 Å². The van der Waals surface area contributed by atoms with Crippen molar-refractivity contribution in [1.82, 2.24) is 5.32 Å². The van der Waals surface area contributed by atoms with Gasteiger partial charge in [0.15, 0.2) is 0 Å². The van der Waals surface area contributed by atoms with Gasteiger partial charge in [-0.05, 0) is 12.0 Å². The molecule has 21 heavy (non-hydrogen) atoms. The van der Waals surface area contributed by atoms with Crippen LogP contribution >= 0.6 is 0 Å². The molecule has 0 aliphatic heterocycles. The first-order chi connectivity index (χ1) is 10.2. The Morgan fingerprint density at radius 2 is 1.95 bits per heavy atom. The van der Waals surface area contributed by atoms with Crippen molar-refractivity contribution in [3.05, 3.63) is 35.9 Å². The predicted molar refractivity (Wildman–Crippen MR) is 78.3 cm³/mol. The molecule has 0 unspecified atom stereocenters. The minimum atomic E-state index is -0.694. The quantitative estimate of drug-likeness (QED) is 0.648. The fourth-order valence-corrected chi connectivity index (χ4v) is 1.56. The van der Waals surface area contributed by atoms with Gasteiger partial charge in [0.05, 0.1) is 13.2 Å². The lowest BCUT2D eigenvalue weighted by Gasteiger charge is -2.15. The zero-order valence-corrected chi connectivity index (χ0v) is 12.2. The minimum absolute atomic E-state index is 0.0640. The zero-order chi connectivity index (χ0) is 15.5. The highest BCUT2D eigenvalue weighted by atomic mass is 16.5. The monoisotopic (exact) mass is 294 g/mol. The summed E-state index contributed by atoms with van der Waals surface area (Å²) in [6.45, 7) is 2.42. The van der Waals surface area contributed by atoms with Gasteiger partial charge >= 0.3 is 11.9 Å². The molecular weight excluding hydrogens is 272 g/mol. The molecule has 0 aliphatic carbocycles. The van der Waals surface area contributed by atoms with E-state index in [2.05, 4.69) is 5.32 Å². The number of ether oxygens (including phenoxy) is 2. The Balaban J connectivity index is 2.28. The molecular formula is C15H22N2O4. The molecule has 0 amide bonds. The number of hydrogen-bond acceptors (Lipinski definition) is 6. The van der Waals surface area contributed by atoms with E-state index >= 15 is 0 Å². The van der Waals surface area contributed by atoms with Crippen LogP contribution in [0, 0.1) is 0 Å². The van der Waals surface area contributed by atoms with Crippen molar-refractivity contribution < 1.29 is 19.1 Å². The summed E-state index contributed by atoms with van der Waals surface area (Å²) in [4.78, 5) is 23.2. The summed E-state index contributed by atoms with van der Waals surface area (Å²) in [5.41, 5.74) is 6.39. The van der Waals surface area contributed by atoms with Crippen LogP contribution in [0.5, 0.6) is 0 Å². The van der Waals surface area contributed by atoms with Crippen molar-refractivity contribution in [2.45, 2.75) is 26.0 Å². The number of carbonyl (C=O) groups is 2. The smallest absolute Gasteiger partial charge is 0.324 e. The van der Waals surface area contributed by atoms with Crippen molar-refractivity contribution >= 4 is 11.9 Å². The first kappa shape index (κ1) is 17.1. The third-order valence-electron chi connectivity index (χ3n) is 2.70. The van der Waals surface area contributed by atoms with E-state index < -0.39 is 18.0 Å². The van der Waals surface area contributed by atoms with Crippen molar-refractivity contribution in [2.75, 3.05) is 19.7 Å². The van der Waals surface area contributed by atoms with E-state index in [4.69, 9.17) is 15.2 Å². The van der Waals surface area contributed by atoms with Gasteiger partial charge in [-0.2, -0.15) is 0 Å². The van der Waals surface area contributed by atoms with Gasteiger partial charge in [0.2, 0.25) is 0 Å². The molecule has 1 rings (SSSR count). The number of rotatable bonds is 9. The molecule has 6 nitrogen and oxygen atoms in total. The summed E-state index contributed by atoms with van der Waals surface area (Å²) in [5.74, 6) is -0.893. The van der Waals surface area contributed by atoms with Crippen LogP contribution in [0.2, 0.25) is 0 Å². The van der Waals surface area contributed by atoms with E-state index in [-0.39, 0.29) is 19.7 Å². The Bertz CT molecular complexity index is 437. The van der Waals surface area contributed by atoms with Crippen LogP contribution in [0.25, 0.3) is 0 Å². The molecule has 0 bridgehead atoms. The second kappa shape index (κ2) is 9.90. The Labute approximate surface area is 124 Å². The van der Waals surface area contributed by atoms with Gasteiger partial charge in [-0.25, -0.2) is 0 Å². The number of carbonyl (C=O) groups excluding carboxylic acids is 2. The molecule has 0 aromatic heterocycles. The average molecular weight is 294 g/mol. The number of hydrogen-bond donors (Lipinski definition) is 2. The van der Waals surface area contributed by atoms with Crippen LogP contribution < -0.4 is 11.1 Å². The zero-order valence-electron chi connectivity index (χ0n) is 12.2. The van der Waals surface area contributed by atoms with E-state index in [1.807, 2.05) is 37.3 Å². The van der Waals surface area contributed by atoms with E-state index in [1.165, 1.54) is 0 Å². The lowest BCUT2D eigenvalue weighted by molar-refractivity contribution is -0.147. The predicted octanol–water partition coefficient (Wildman–Crippen LogP) is 0.600. The molecule has 0 aliphatic rings. The van der Waals surface area contributed by atoms with Crippen molar-refractivity contribution in [2.24, 2.45) is 5.73 Å². The van der Waals surface area contributed by atoms with Crippen LogP contribution in [-0.2, 0) is 25.7 Å². The maximum Gasteiger partial charge on any atom is 0.324 e. The highest BCUT2D eigenvalue weighted by Crippen LogP contribution is 2.00. The lowest BCUT2D eigenvalue weighted by Crippen LogP contribution is -2.46. The van der Waals surface area contributed by atoms with E-state index in [0.29, 0.717) is 6.61 Å². The number of benzene rings is 1. The number of esters is 2. The first-order valence-corrected chi connectivity index (χ1v) is 6.97. The Kier molecular flexibility index (Phi) is 8.08. The molecule has 1 aromatic rings. The van der Waals surface area contributed by atoms with Gasteiger partial charge in [-0.3, -0.25) is 14.9 Å². The largest absolute Gasteiger partial charge is 0.465 e. The topological polar surface area (TPSA) is 90.6 Å². The molecule has 6 heteroatoms. The highest BCUT2D eigenvalue weighted by Gasteiger charge is 2.18. The van der Waals surface area contributed by atoms with Crippen LogP contribution in [0.4, 0.5) is 0 Å². The van der Waals surface area contributed by atoms with Crippen molar-refractivity contribution in [1.29, 1.82) is 0 Å². The van der Waals surface area contributed by atoms with Gasteiger partial charge in [0, 0.05) is 6.54 Å². The molecule has 0 spiro atoms. The molecule has 3 N–H and O–H groups in total. The summed E-state index contributed by atoms with van der Waals surface area (Å²) in [6.07, 6.45) is 0.738. The second-order valence-corrected chi connectivity index (χ2v) is 4.48. The van der Waals surface area contributed by atoms with Crippen molar-refractivity contribution in [3.8, 4) is 0 Å². The highest BCUT2D eigenvalue weighted by molar-refractivity contribution is 5.78. The Morgan fingerprint density at radius 3 is 2.57 bits per heavy atom. The van der Waals surface area contributed by atoms with Crippen molar-refractivity contribution in [3.63, 3.8) is 0 Å². The van der Waals surface area contributed by atoms with Crippen LogP contribution in [-0.4, -0.2) is 37.7 Å². The van der Waals surface area contributed by atoms with Crippen LogP contribution in [0.15, 0.2) is 30.3 Å². The summed E-state index contributed by atoms with van der Waals surface area (Å²) >= 11 is 0. The SMILES string of the molecule is CCCOC(=O)[C@@H](CN)NCC(=O)OCc1ccccc1. The Hall–Kier alpha value is -1.92. The lowest BCUT2D eigenvalue weighted by atomic mass is 10.2. The van der Waals surface area contributed by atoms with Gasteiger partial charge < -0.3 is 15.2 Å².